The SMILES string of the molecule is C[C@@H](O)CNC1CCCC2CC21. The van der Waals surface area contributed by atoms with E-state index in [0.29, 0.717) is 0 Å². The summed E-state index contributed by atoms with van der Waals surface area (Å²) in [5.74, 6) is 1.99. The summed E-state index contributed by atoms with van der Waals surface area (Å²) in [6.07, 6.45) is 5.42. The van der Waals surface area contributed by atoms with E-state index >= 15 is 0 Å². The monoisotopic (exact) mass is 169 g/mol. The van der Waals surface area contributed by atoms with Crippen LogP contribution in [0.5, 0.6) is 0 Å². The lowest BCUT2D eigenvalue weighted by atomic mass is 9.95. The van der Waals surface area contributed by atoms with Gasteiger partial charge in [-0.25, -0.2) is 0 Å². The van der Waals surface area contributed by atoms with Gasteiger partial charge in [0.1, 0.15) is 0 Å². The summed E-state index contributed by atoms with van der Waals surface area (Å²) < 4.78 is 0. The van der Waals surface area contributed by atoms with Crippen LogP contribution >= 0.6 is 0 Å². The maximum absolute atomic E-state index is 9.12. The van der Waals surface area contributed by atoms with Gasteiger partial charge in [0.25, 0.3) is 0 Å². The first-order valence-corrected chi connectivity index (χ1v) is 5.19. The second-order valence-corrected chi connectivity index (χ2v) is 4.45. The average molecular weight is 169 g/mol. The van der Waals surface area contributed by atoms with Crippen molar-refractivity contribution in [1.82, 2.24) is 5.32 Å². The largest absolute Gasteiger partial charge is 0.392 e. The van der Waals surface area contributed by atoms with Gasteiger partial charge in [-0.15, -0.1) is 0 Å². The molecule has 3 unspecified atom stereocenters. The summed E-state index contributed by atoms with van der Waals surface area (Å²) in [7, 11) is 0. The average Bonchev–Trinajstić information content (AvgIpc) is 2.78. The van der Waals surface area contributed by atoms with Crippen LogP contribution in [0.4, 0.5) is 0 Å². The van der Waals surface area contributed by atoms with Gasteiger partial charge in [0.15, 0.2) is 0 Å². The van der Waals surface area contributed by atoms with Gasteiger partial charge in [0, 0.05) is 12.6 Å². The molecule has 4 atom stereocenters. The van der Waals surface area contributed by atoms with Crippen molar-refractivity contribution >= 4 is 0 Å². The highest BCUT2D eigenvalue weighted by atomic mass is 16.3. The zero-order valence-corrected chi connectivity index (χ0v) is 7.79. The smallest absolute Gasteiger partial charge is 0.0636 e. The second kappa shape index (κ2) is 3.35. The molecular formula is C10H19NO. The molecule has 2 saturated carbocycles. The van der Waals surface area contributed by atoms with Crippen molar-refractivity contribution in [2.45, 2.75) is 44.8 Å². The molecule has 2 N–H and O–H groups in total. The molecule has 0 bridgehead atoms. The first-order valence-electron chi connectivity index (χ1n) is 5.19. The number of hydrogen-bond acceptors (Lipinski definition) is 2. The molecule has 2 aliphatic rings. The number of hydrogen-bond donors (Lipinski definition) is 2. The highest BCUT2D eigenvalue weighted by Crippen LogP contribution is 2.49. The predicted octanol–water partition coefficient (Wildman–Crippen LogP) is 1.15. The van der Waals surface area contributed by atoms with Crippen LogP contribution in [-0.2, 0) is 0 Å². The number of nitrogens with one attached hydrogen (secondary N) is 1. The standard InChI is InChI=1S/C10H19NO/c1-7(12)6-11-10-4-2-3-8-5-9(8)10/h7-12H,2-6H2,1H3/t7-,8?,9?,10?/m1/s1. The fourth-order valence-corrected chi connectivity index (χ4v) is 2.49. The molecule has 0 saturated heterocycles. The van der Waals surface area contributed by atoms with Crippen LogP contribution in [0.25, 0.3) is 0 Å². The summed E-state index contributed by atoms with van der Waals surface area (Å²) in [4.78, 5) is 0. The Bertz CT molecular complexity index is 158. The van der Waals surface area contributed by atoms with Crippen molar-refractivity contribution in [3.05, 3.63) is 0 Å². The van der Waals surface area contributed by atoms with Crippen LogP contribution in [0, 0.1) is 11.8 Å². The van der Waals surface area contributed by atoms with Gasteiger partial charge in [-0.1, -0.05) is 12.8 Å². The fraction of sp³-hybridized carbons (Fsp3) is 1.00. The van der Waals surface area contributed by atoms with E-state index in [2.05, 4.69) is 5.32 Å². The van der Waals surface area contributed by atoms with E-state index in [-0.39, 0.29) is 6.10 Å². The summed E-state index contributed by atoms with van der Waals surface area (Å²) in [6.45, 7) is 2.62. The Morgan fingerprint density at radius 3 is 3.08 bits per heavy atom. The zero-order chi connectivity index (χ0) is 8.55. The van der Waals surface area contributed by atoms with Crippen LogP contribution in [0.3, 0.4) is 0 Å². The Labute approximate surface area is 74.4 Å². The van der Waals surface area contributed by atoms with E-state index < -0.39 is 0 Å². The third-order valence-electron chi connectivity index (χ3n) is 3.26. The van der Waals surface area contributed by atoms with Crippen molar-refractivity contribution in [3.63, 3.8) is 0 Å². The second-order valence-electron chi connectivity index (χ2n) is 4.45. The van der Waals surface area contributed by atoms with E-state index in [1.54, 1.807) is 0 Å². The molecule has 2 aliphatic carbocycles. The van der Waals surface area contributed by atoms with Crippen LogP contribution in [0.2, 0.25) is 0 Å². The molecule has 0 aromatic carbocycles. The fourth-order valence-electron chi connectivity index (χ4n) is 2.49. The lowest BCUT2D eigenvalue weighted by Crippen LogP contribution is -2.37. The topological polar surface area (TPSA) is 32.3 Å². The summed E-state index contributed by atoms with van der Waals surface area (Å²) >= 11 is 0. The van der Waals surface area contributed by atoms with Gasteiger partial charge in [0.2, 0.25) is 0 Å². The lowest BCUT2D eigenvalue weighted by molar-refractivity contribution is 0.179. The molecule has 0 aromatic heterocycles. The molecule has 2 nitrogen and oxygen atoms in total. The maximum Gasteiger partial charge on any atom is 0.0636 e. The van der Waals surface area contributed by atoms with E-state index in [9.17, 15) is 0 Å². The van der Waals surface area contributed by atoms with Crippen molar-refractivity contribution in [2.24, 2.45) is 11.8 Å². The number of aliphatic hydroxyl groups is 1. The highest BCUT2D eigenvalue weighted by molar-refractivity contribution is 4.98. The highest BCUT2D eigenvalue weighted by Gasteiger charge is 2.44. The molecule has 0 spiro atoms. The lowest BCUT2D eigenvalue weighted by Gasteiger charge is -2.23. The Morgan fingerprint density at radius 2 is 2.33 bits per heavy atom. The van der Waals surface area contributed by atoms with Gasteiger partial charge < -0.3 is 10.4 Å². The minimum atomic E-state index is -0.191. The molecule has 0 radical (unpaired) electrons. The van der Waals surface area contributed by atoms with E-state index in [1.807, 2.05) is 6.92 Å². The summed E-state index contributed by atoms with van der Waals surface area (Å²) in [6, 6.07) is 0.721. The van der Waals surface area contributed by atoms with Crippen molar-refractivity contribution in [3.8, 4) is 0 Å². The zero-order valence-electron chi connectivity index (χ0n) is 7.79. The normalized spacial score (nSPS) is 42.0. The molecule has 0 aliphatic heterocycles. The molecule has 0 heterocycles. The molecule has 12 heavy (non-hydrogen) atoms. The summed E-state index contributed by atoms with van der Waals surface area (Å²) in [5, 5.41) is 12.6. The number of rotatable bonds is 3. The first kappa shape index (κ1) is 8.52. The third-order valence-corrected chi connectivity index (χ3v) is 3.26. The van der Waals surface area contributed by atoms with E-state index in [1.165, 1.54) is 25.7 Å². The molecule has 0 aromatic rings. The van der Waals surface area contributed by atoms with Gasteiger partial charge in [0.05, 0.1) is 6.10 Å². The maximum atomic E-state index is 9.12. The minimum absolute atomic E-state index is 0.191. The molecule has 2 fully saturated rings. The number of fused-ring (bicyclic) bond motifs is 1. The van der Waals surface area contributed by atoms with Crippen LogP contribution in [0.1, 0.15) is 32.6 Å². The van der Waals surface area contributed by atoms with Gasteiger partial charge in [-0.3, -0.25) is 0 Å². The number of aliphatic hydroxyl groups excluding tert-OH is 1. The Morgan fingerprint density at radius 1 is 1.50 bits per heavy atom. The van der Waals surface area contributed by atoms with E-state index in [0.717, 1.165) is 24.4 Å². The summed E-state index contributed by atoms with van der Waals surface area (Å²) in [5.41, 5.74) is 0. The third kappa shape index (κ3) is 1.80. The predicted molar refractivity (Wildman–Crippen MR) is 48.9 cm³/mol. The van der Waals surface area contributed by atoms with Gasteiger partial charge in [-0.05, 0) is 31.6 Å². The Balaban J connectivity index is 1.73. The van der Waals surface area contributed by atoms with Crippen LogP contribution < -0.4 is 5.32 Å². The molecular weight excluding hydrogens is 150 g/mol. The van der Waals surface area contributed by atoms with Gasteiger partial charge >= 0.3 is 0 Å². The van der Waals surface area contributed by atoms with Crippen molar-refractivity contribution in [2.75, 3.05) is 6.54 Å². The van der Waals surface area contributed by atoms with Crippen LogP contribution in [-0.4, -0.2) is 23.8 Å². The Hall–Kier alpha value is -0.0800. The minimum Gasteiger partial charge on any atom is -0.392 e. The first-order chi connectivity index (χ1) is 5.77. The quantitative estimate of drug-likeness (QED) is 0.664. The molecule has 2 rings (SSSR count). The molecule has 0 amide bonds. The van der Waals surface area contributed by atoms with Crippen molar-refractivity contribution in [1.29, 1.82) is 0 Å². The van der Waals surface area contributed by atoms with Gasteiger partial charge in [-0.2, -0.15) is 0 Å². The molecule has 70 valence electrons. The van der Waals surface area contributed by atoms with Crippen LogP contribution in [0.15, 0.2) is 0 Å². The Kier molecular flexibility index (Phi) is 2.37. The molecule has 2 heteroatoms. The van der Waals surface area contributed by atoms with E-state index in [4.69, 9.17) is 5.11 Å². The van der Waals surface area contributed by atoms with Crippen molar-refractivity contribution < 1.29 is 5.11 Å².